The van der Waals surface area contributed by atoms with Crippen molar-refractivity contribution in [2.45, 2.75) is 50.0 Å². The lowest BCUT2D eigenvalue weighted by Gasteiger charge is -2.11. The number of nitrogens with zero attached hydrogens (tertiary/aromatic N) is 2. The molecular weight excluding hydrogens is 431 g/mol. The van der Waals surface area contributed by atoms with Crippen molar-refractivity contribution in [3.8, 4) is 0 Å². The number of sulfonamides is 1. The van der Waals surface area contributed by atoms with Gasteiger partial charge in [-0.3, -0.25) is 10.1 Å². The summed E-state index contributed by atoms with van der Waals surface area (Å²) in [5, 5.41) is 11.7. The molecule has 3 rings (SSSR count). The molecular formula is C16H18Cl2N4O3S2. The normalized spacial score (nSPS) is 14.3. The Hall–Kier alpha value is -1.26. The van der Waals surface area contributed by atoms with Gasteiger partial charge in [0.1, 0.15) is 9.90 Å². The summed E-state index contributed by atoms with van der Waals surface area (Å²) in [6, 6.07) is 2.36. The van der Waals surface area contributed by atoms with Gasteiger partial charge in [-0.25, -0.2) is 13.1 Å². The van der Waals surface area contributed by atoms with Gasteiger partial charge in [0.15, 0.2) is 0 Å². The second-order valence-electron chi connectivity index (χ2n) is 6.22. The molecule has 1 aromatic heterocycles. The minimum atomic E-state index is -3.83. The maximum absolute atomic E-state index is 12.6. The lowest BCUT2D eigenvalue weighted by Crippen LogP contribution is -2.26. The highest BCUT2D eigenvalue weighted by Crippen LogP contribution is 2.31. The summed E-state index contributed by atoms with van der Waals surface area (Å²) < 4.78 is 27.5. The highest BCUT2D eigenvalue weighted by Gasteiger charge is 2.30. The molecule has 2 N–H and O–H groups in total. The van der Waals surface area contributed by atoms with Crippen molar-refractivity contribution in [1.82, 2.24) is 14.9 Å². The van der Waals surface area contributed by atoms with Gasteiger partial charge in [0, 0.05) is 12.5 Å². The monoisotopic (exact) mass is 448 g/mol. The number of aryl methyl sites for hydroxylation is 1. The number of anilines is 1. The van der Waals surface area contributed by atoms with E-state index in [1.807, 2.05) is 0 Å². The van der Waals surface area contributed by atoms with Gasteiger partial charge in [0.2, 0.25) is 15.2 Å². The molecule has 146 valence electrons. The van der Waals surface area contributed by atoms with Crippen LogP contribution in [0.3, 0.4) is 0 Å². The highest BCUT2D eigenvalue weighted by molar-refractivity contribution is 7.89. The van der Waals surface area contributed by atoms with Crippen molar-refractivity contribution in [2.24, 2.45) is 0 Å². The predicted octanol–water partition coefficient (Wildman–Crippen LogP) is 3.88. The fourth-order valence-electron chi connectivity index (χ4n) is 2.29. The minimum Gasteiger partial charge on any atom is -0.296 e. The summed E-state index contributed by atoms with van der Waals surface area (Å²) in [6.45, 7) is 2.08. The summed E-state index contributed by atoms with van der Waals surface area (Å²) in [5.74, 6) is -0.572. The van der Waals surface area contributed by atoms with E-state index in [1.54, 1.807) is 0 Å². The second kappa shape index (κ2) is 8.40. The Labute approximate surface area is 171 Å². The van der Waals surface area contributed by atoms with Crippen LogP contribution < -0.4 is 10.0 Å². The Morgan fingerprint density at radius 2 is 2.00 bits per heavy atom. The molecule has 0 spiro atoms. The lowest BCUT2D eigenvalue weighted by atomic mass is 10.2. The minimum absolute atomic E-state index is 0.00236. The number of benzene rings is 1. The zero-order valence-electron chi connectivity index (χ0n) is 14.5. The first-order valence-electron chi connectivity index (χ1n) is 8.45. The van der Waals surface area contributed by atoms with Gasteiger partial charge in [-0.2, -0.15) is 0 Å². The highest BCUT2D eigenvalue weighted by atomic mass is 35.5. The number of aromatic nitrogens is 2. The van der Waals surface area contributed by atoms with Crippen LogP contribution in [0.25, 0.3) is 0 Å². The van der Waals surface area contributed by atoms with E-state index in [9.17, 15) is 13.2 Å². The maximum atomic E-state index is 12.6. The molecule has 0 atom stereocenters. The number of hydrogen-bond donors (Lipinski definition) is 2. The first-order valence-corrected chi connectivity index (χ1v) is 11.5. The Morgan fingerprint density at radius 3 is 2.67 bits per heavy atom. The average Bonchev–Trinajstić information content (AvgIpc) is 3.28. The summed E-state index contributed by atoms with van der Waals surface area (Å²) in [6.07, 6.45) is 4.39. The van der Waals surface area contributed by atoms with Gasteiger partial charge in [-0.15, -0.1) is 10.2 Å². The maximum Gasteiger partial charge on any atom is 0.259 e. The Morgan fingerprint density at radius 1 is 1.26 bits per heavy atom. The molecule has 0 bridgehead atoms. The fraction of sp³-hybridized carbons (Fsp3) is 0.438. The Bertz CT molecular complexity index is 959. The van der Waals surface area contributed by atoms with Crippen LogP contribution in [-0.2, 0) is 16.4 Å². The van der Waals surface area contributed by atoms with Crippen LogP contribution in [0.15, 0.2) is 17.0 Å². The number of halogens is 2. The molecule has 1 aromatic carbocycles. The summed E-state index contributed by atoms with van der Waals surface area (Å²) in [4.78, 5) is 12.4. The van der Waals surface area contributed by atoms with Crippen molar-refractivity contribution in [3.05, 3.63) is 32.7 Å². The number of amides is 1. The van der Waals surface area contributed by atoms with E-state index >= 15 is 0 Å². The number of carbonyl (C=O) groups is 1. The summed E-state index contributed by atoms with van der Waals surface area (Å²) in [5.41, 5.74) is 0.00236. The molecule has 1 saturated carbocycles. The van der Waals surface area contributed by atoms with Crippen LogP contribution in [0.2, 0.25) is 10.0 Å². The quantitative estimate of drug-likeness (QED) is 0.637. The van der Waals surface area contributed by atoms with E-state index in [0.29, 0.717) is 5.13 Å². The van der Waals surface area contributed by atoms with Crippen molar-refractivity contribution in [3.63, 3.8) is 0 Å². The van der Waals surface area contributed by atoms with Gasteiger partial charge in [-0.05, 0) is 31.4 Å². The molecule has 1 heterocycles. The average molecular weight is 449 g/mol. The Balaban J connectivity index is 1.81. The van der Waals surface area contributed by atoms with E-state index < -0.39 is 15.9 Å². The molecule has 27 heavy (non-hydrogen) atoms. The van der Waals surface area contributed by atoms with E-state index in [-0.39, 0.29) is 26.5 Å². The van der Waals surface area contributed by atoms with Crippen LogP contribution in [0.1, 0.15) is 48.0 Å². The molecule has 1 amide bonds. The summed E-state index contributed by atoms with van der Waals surface area (Å²) in [7, 11) is -3.83. The number of hydrogen-bond acceptors (Lipinski definition) is 6. The second-order valence-corrected chi connectivity index (χ2v) is 9.78. The molecule has 11 heteroatoms. The topological polar surface area (TPSA) is 101 Å². The molecule has 1 fully saturated rings. The molecule has 0 aliphatic heterocycles. The third-order valence-corrected chi connectivity index (χ3v) is 7.08. The van der Waals surface area contributed by atoms with Crippen molar-refractivity contribution in [2.75, 3.05) is 5.32 Å². The molecule has 2 aromatic rings. The van der Waals surface area contributed by atoms with Gasteiger partial charge in [0.05, 0.1) is 15.6 Å². The SMILES string of the molecule is CCCCc1nnc(NC(=O)c2cc(S(=O)(=O)NC3CC3)c(Cl)cc2Cl)s1. The predicted molar refractivity (Wildman–Crippen MR) is 106 cm³/mol. The number of unbranched alkanes of at least 4 members (excludes halogenated alkanes) is 1. The number of nitrogens with one attached hydrogen (secondary N) is 2. The molecule has 1 aliphatic rings. The summed E-state index contributed by atoms with van der Waals surface area (Å²) >= 11 is 13.4. The van der Waals surface area contributed by atoms with E-state index in [0.717, 1.165) is 37.1 Å². The van der Waals surface area contributed by atoms with Gasteiger partial charge in [0.25, 0.3) is 5.91 Å². The Kier molecular flexibility index (Phi) is 6.37. The fourth-order valence-corrected chi connectivity index (χ4v) is 5.23. The zero-order chi connectivity index (χ0) is 19.6. The van der Waals surface area contributed by atoms with Crippen LogP contribution in [0, 0.1) is 0 Å². The van der Waals surface area contributed by atoms with Crippen LogP contribution in [0.4, 0.5) is 5.13 Å². The van der Waals surface area contributed by atoms with E-state index in [4.69, 9.17) is 23.2 Å². The van der Waals surface area contributed by atoms with E-state index in [1.165, 1.54) is 23.5 Å². The molecule has 0 saturated heterocycles. The largest absolute Gasteiger partial charge is 0.296 e. The van der Waals surface area contributed by atoms with Crippen LogP contribution in [-0.4, -0.2) is 30.6 Å². The standard InChI is InChI=1S/C16H18Cl2N4O3S2/c1-2-3-4-14-20-21-16(26-14)19-15(23)10-7-13(12(18)8-11(10)17)27(24,25)22-9-5-6-9/h7-9,22H,2-6H2,1H3,(H,19,21,23). The molecule has 7 nitrogen and oxygen atoms in total. The first kappa shape index (κ1) is 20.5. The zero-order valence-corrected chi connectivity index (χ0v) is 17.6. The van der Waals surface area contributed by atoms with Crippen molar-refractivity contribution >= 4 is 55.6 Å². The lowest BCUT2D eigenvalue weighted by molar-refractivity contribution is 0.102. The smallest absolute Gasteiger partial charge is 0.259 e. The van der Waals surface area contributed by atoms with Gasteiger partial charge in [-0.1, -0.05) is 47.9 Å². The molecule has 1 aliphatic carbocycles. The number of rotatable bonds is 8. The van der Waals surface area contributed by atoms with Crippen LogP contribution in [0.5, 0.6) is 0 Å². The van der Waals surface area contributed by atoms with Gasteiger partial charge >= 0.3 is 0 Å². The van der Waals surface area contributed by atoms with E-state index in [2.05, 4.69) is 27.2 Å². The van der Waals surface area contributed by atoms with Crippen LogP contribution >= 0.6 is 34.5 Å². The molecule has 0 radical (unpaired) electrons. The molecule has 0 unspecified atom stereocenters. The van der Waals surface area contributed by atoms with Crippen molar-refractivity contribution < 1.29 is 13.2 Å². The number of carbonyl (C=O) groups excluding carboxylic acids is 1. The van der Waals surface area contributed by atoms with Crippen molar-refractivity contribution in [1.29, 1.82) is 0 Å². The third-order valence-electron chi connectivity index (χ3n) is 3.89. The first-order chi connectivity index (χ1) is 12.8. The third kappa shape index (κ3) is 5.17. The van der Waals surface area contributed by atoms with Gasteiger partial charge < -0.3 is 0 Å².